The van der Waals surface area contributed by atoms with E-state index in [2.05, 4.69) is 16.0 Å². The molecule has 3 rings (SSSR count). The molecule has 1 saturated carbocycles. The van der Waals surface area contributed by atoms with Crippen LogP contribution in [0.25, 0.3) is 0 Å². The lowest BCUT2D eigenvalue weighted by Crippen LogP contribution is -2.33. The Balaban J connectivity index is 1.61. The SMILES string of the molecule is O=C(CNc1ccccc1F)Nc1ccccc1C(=O)NC1CCCC1. The van der Waals surface area contributed by atoms with Gasteiger partial charge in [0, 0.05) is 6.04 Å². The van der Waals surface area contributed by atoms with Crippen LogP contribution < -0.4 is 16.0 Å². The molecule has 0 unspecified atom stereocenters. The number of rotatable bonds is 6. The van der Waals surface area contributed by atoms with Gasteiger partial charge in [-0.15, -0.1) is 0 Å². The van der Waals surface area contributed by atoms with Gasteiger partial charge in [-0.05, 0) is 37.1 Å². The molecule has 3 N–H and O–H groups in total. The Kier molecular flexibility index (Phi) is 5.84. The van der Waals surface area contributed by atoms with Crippen LogP contribution in [0.4, 0.5) is 15.8 Å². The molecule has 2 aromatic rings. The fourth-order valence-electron chi connectivity index (χ4n) is 3.10. The van der Waals surface area contributed by atoms with Gasteiger partial charge in [0.15, 0.2) is 0 Å². The molecule has 2 amide bonds. The summed E-state index contributed by atoms with van der Waals surface area (Å²) in [5.41, 5.74) is 1.14. The summed E-state index contributed by atoms with van der Waals surface area (Å²) in [7, 11) is 0. The second kappa shape index (κ2) is 8.47. The van der Waals surface area contributed by atoms with Gasteiger partial charge in [0.1, 0.15) is 5.82 Å². The average molecular weight is 355 g/mol. The van der Waals surface area contributed by atoms with E-state index in [1.165, 1.54) is 6.07 Å². The molecule has 6 heteroatoms. The summed E-state index contributed by atoms with van der Waals surface area (Å²) >= 11 is 0. The first-order chi connectivity index (χ1) is 12.6. The molecule has 136 valence electrons. The minimum Gasteiger partial charge on any atom is -0.374 e. The Labute approximate surface area is 152 Å². The summed E-state index contributed by atoms with van der Waals surface area (Å²) in [5, 5.41) is 8.49. The molecule has 1 fully saturated rings. The van der Waals surface area contributed by atoms with E-state index in [0.29, 0.717) is 11.3 Å². The Morgan fingerprint density at radius 2 is 1.62 bits per heavy atom. The Morgan fingerprint density at radius 1 is 0.962 bits per heavy atom. The number of benzene rings is 2. The standard InChI is InChI=1S/C20H22FN3O2/c21-16-10-4-6-12-18(16)22-13-19(25)24-17-11-5-3-9-15(17)20(26)23-14-7-1-2-8-14/h3-6,9-12,14,22H,1-2,7-8,13H2,(H,23,26)(H,24,25). The zero-order chi connectivity index (χ0) is 18.4. The molecule has 26 heavy (non-hydrogen) atoms. The van der Waals surface area contributed by atoms with Crippen LogP contribution in [0.1, 0.15) is 36.0 Å². The van der Waals surface area contributed by atoms with Crippen LogP contribution in [0.5, 0.6) is 0 Å². The lowest BCUT2D eigenvalue weighted by molar-refractivity contribution is -0.114. The Hall–Kier alpha value is -2.89. The van der Waals surface area contributed by atoms with Crippen LogP contribution in [0.15, 0.2) is 48.5 Å². The summed E-state index contributed by atoms with van der Waals surface area (Å²) in [6.07, 6.45) is 4.25. The summed E-state index contributed by atoms with van der Waals surface area (Å²) in [5.74, 6) is -0.958. The summed E-state index contributed by atoms with van der Waals surface area (Å²) in [6, 6.07) is 13.2. The number of nitrogens with one attached hydrogen (secondary N) is 3. The largest absolute Gasteiger partial charge is 0.374 e. The summed E-state index contributed by atoms with van der Waals surface area (Å²) in [4.78, 5) is 24.7. The van der Waals surface area contributed by atoms with E-state index < -0.39 is 5.82 Å². The van der Waals surface area contributed by atoms with Crippen molar-refractivity contribution >= 4 is 23.2 Å². The van der Waals surface area contributed by atoms with Crippen LogP contribution in [-0.2, 0) is 4.79 Å². The van der Waals surface area contributed by atoms with E-state index in [0.717, 1.165) is 25.7 Å². The molecule has 0 saturated heterocycles. The number of hydrogen-bond acceptors (Lipinski definition) is 3. The fraction of sp³-hybridized carbons (Fsp3) is 0.300. The normalized spacial score (nSPS) is 14.0. The van der Waals surface area contributed by atoms with Crippen molar-refractivity contribution < 1.29 is 14.0 Å². The maximum atomic E-state index is 13.6. The fourth-order valence-corrected chi connectivity index (χ4v) is 3.10. The predicted molar refractivity (Wildman–Crippen MR) is 99.7 cm³/mol. The van der Waals surface area contributed by atoms with E-state index in [9.17, 15) is 14.0 Å². The van der Waals surface area contributed by atoms with Crippen molar-refractivity contribution in [1.82, 2.24) is 5.32 Å². The van der Waals surface area contributed by atoms with Crippen molar-refractivity contribution in [2.24, 2.45) is 0 Å². The molecule has 0 heterocycles. The van der Waals surface area contributed by atoms with Crippen molar-refractivity contribution in [2.45, 2.75) is 31.7 Å². The first-order valence-electron chi connectivity index (χ1n) is 8.81. The van der Waals surface area contributed by atoms with E-state index in [-0.39, 0.29) is 30.1 Å². The van der Waals surface area contributed by atoms with Crippen molar-refractivity contribution in [3.05, 3.63) is 59.9 Å². The lowest BCUT2D eigenvalue weighted by Gasteiger charge is -2.15. The molecule has 1 aliphatic carbocycles. The van der Waals surface area contributed by atoms with E-state index in [1.54, 1.807) is 42.5 Å². The van der Waals surface area contributed by atoms with Gasteiger partial charge in [-0.3, -0.25) is 9.59 Å². The molecule has 0 spiro atoms. The first-order valence-corrected chi connectivity index (χ1v) is 8.81. The van der Waals surface area contributed by atoms with Gasteiger partial charge in [-0.1, -0.05) is 37.1 Å². The number of anilines is 2. The minimum atomic E-state index is -0.420. The third-order valence-corrected chi connectivity index (χ3v) is 4.45. The average Bonchev–Trinajstić information content (AvgIpc) is 3.14. The molecule has 0 aromatic heterocycles. The van der Waals surface area contributed by atoms with E-state index >= 15 is 0 Å². The van der Waals surface area contributed by atoms with Crippen LogP contribution >= 0.6 is 0 Å². The lowest BCUT2D eigenvalue weighted by atomic mass is 10.1. The van der Waals surface area contributed by atoms with Crippen molar-refractivity contribution in [3.8, 4) is 0 Å². The molecule has 0 aliphatic heterocycles. The van der Waals surface area contributed by atoms with Gasteiger partial charge in [0.2, 0.25) is 5.91 Å². The van der Waals surface area contributed by atoms with Gasteiger partial charge in [0.05, 0.1) is 23.5 Å². The highest BCUT2D eigenvalue weighted by Gasteiger charge is 2.20. The van der Waals surface area contributed by atoms with Crippen molar-refractivity contribution in [1.29, 1.82) is 0 Å². The second-order valence-corrected chi connectivity index (χ2v) is 6.38. The zero-order valence-electron chi connectivity index (χ0n) is 14.4. The minimum absolute atomic E-state index is 0.0977. The van der Waals surface area contributed by atoms with E-state index in [4.69, 9.17) is 0 Å². The molecule has 5 nitrogen and oxygen atoms in total. The van der Waals surface area contributed by atoms with Gasteiger partial charge in [-0.2, -0.15) is 0 Å². The number of halogens is 1. The molecular weight excluding hydrogens is 333 g/mol. The maximum absolute atomic E-state index is 13.6. The zero-order valence-corrected chi connectivity index (χ0v) is 14.4. The molecule has 0 atom stereocenters. The summed E-state index contributed by atoms with van der Waals surface area (Å²) in [6.45, 7) is -0.0977. The molecule has 2 aromatic carbocycles. The van der Waals surface area contributed by atoms with Crippen molar-refractivity contribution in [2.75, 3.05) is 17.2 Å². The highest BCUT2D eigenvalue weighted by molar-refractivity contribution is 6.04. The monoisotopic (exact) mass is 355 g/mol. The highest BCUT2D eigenvalue weighted by atomic mass is 19.1. The van der Waals surface area contributed by atoms with Gasteiger partial charge in [0.25, 0.3) is 5.91 Å². The predicted octanol–water partition coefficient (Wildman–Crippen LogP) is 3.55. The van der Waals surface area contributed by atoms with Crippen LogP contribution in [-0.4, -0.2) is 24.4 Å². The maximum Gasteiger partial charge on any atom is 0.253 e. The van der Waals surface area contributed by atoms with Gasteiger partial charge in [-0.25, -0.2) is 4.39 Å². The van der Waals surface area contributed by atoms with Gasteiger partial charge >= 0.3 is 0 Å². The second-order valence-electron chi connectivity index (χ2n) is 6.38. The Bertz CT molecular complexity index is 788. The third-order valence-electron chi connectivity index (χ3n) is 4.45. The quantitative estimate of drug-likeness (QED) is 0.742. The number of hydrogen-bond donors (Lipinski definition) is 3. The van der Waals surface area contributed by atoms with Crippen LogP contribution in [0, 0.1) is 5.82 Å². The van der Waals surface area contributed by atoms with Crippen LogP contribution in [0.2, 0.25) is 0 Å². The summed E-state index contributed by atoms with van der Waals surface area (Å²) < 4.78 is 13.6. The molecule has 1 aliphatic rings. The Morgan fingerprint density at radius 3 is 2.35 bits per heavy atom. The number of carbonyl (C=O) groups is 2. The van der Waals surface area contributed by atoms with Gasteiger partial charge < -0.3 is 16.0 Å². The first kappa shape index (κ1) is 17.9. The third kappa shape index (κ3) is 4.59. The number of carbonyl (C=O) groups excluding carboxylic acids is 2. The molecular formula is C20H22FN3O2. The molecule has 0 radical (unpaired) electrons. The smallest absolute Gasteiger partial charge is 0.253 e. The highest BCUT2D eigenvalue weighted by Crippen LogP contribution is 2.20. The van der Waals surface area contributed by atoms with Crippen LogP contribution in [0.3, 0.4) is 0 Å². The van der Waals surface area contributed by atoms with E-state index in [1.807, 2.05) is 0 Å². The number of para-hydroxylation sites is 2. The van der Waals surface area contributed by atoms with Crippen molar-refractivity contribution in [3.63, 3.8) is 0 Å². The number of amides is 2. The molecule has 0 bridgehead atoms. The topological polar surface area (TPSA) is 70.2 Å².